The van der Waals surface area contributed by atoms with Crippen LogP contribution in [0.25, 0.3) is 21.8 Å². The van der Waals surface area contributed by atoms with E-state index in [1.165, 1.54) is 17.0 Å². The zero-order chi connectivity index (χ0) is 20.5. The van der Waals surface area contributed by atoms with Gasteiger partial charge in [-0.2, -0.15) is 13.2 Å². The summed E-state index contributed by atoms with van der Waals surface area (Å²) in [4.78, 5) is 19.0. The van der Waals surface area contributed by atoms with Gasteiger partial charge in [0.1, 0.15) is 0 Å². The van der Waals surface area contributed by atoms with Crippen LogP contribution in [0.4, 0.5) is 24.5 Å². The molecule has 1 aromatic heterocycles. The van der Waals surface area contributed by atoms with Crippen molar-refractivity contribution in [3.8, 4) is 0 Å². The topological polar surface area (TPSA) is 33.2 Å². The van der Waals surface area contributed by atoms with Crippen molar-refractivity contribution < 1.29 is 18.0 Å². The summed E-state index contributed by atoms with van der Waals surface area (Å²) in [7, 11) is 0. The fourth-order valence-electron chi connectivity index (χ4n) is 3.78. The summed E-state index contributed by atoms with van der Waals surface area (Å²) in [5, 5.41) is 1.11. The minimum atomic E-state index is -4.60. The minimum absolute atomic E-state index is 0.135. The zero-order valence-corrected chi connectivity index (χ0v) is 15.9. The molecule has 1 aliphatic heterocycles. The van der Waals surface area contributed by atoms with Gasteiger partial charge in [0.25, 0.3) is 5.91 Å². The maximum absolute atomic E-state index is 13.5. The number of alkyl halides is 3. The van der Waals surface area contributed by atoms with E-state index in [1.807, 2.05) is 0 Å². The molecular formula is C21H9Cl2F3N2O. The maximum Gasteiger partial charge on any atom is 0.418 e. The monoisotopic (exact) mass is 432 g/mol. The van der Waals surface area contributed by atoms with Crippen molar-refractivity contribution >= 4 is 62.3 Å². The number of aromatic nitrogens is 1. The maximum atomic E-state index is 13.5. The number of para-hydroxylation sites is 2. The first-order chi connectivity index (χ1) is 13.8. The number of nitrogens with zero attached hydrogens (tertiary/aromatic N) is 2. The van der Waals surface area contributed by atoms with Crippen LogP contribution in [-0.4, -0.2) is 10.9 Å². The molecule has 3 aromatic carbocycles. The highest BCUT2D eigenvalue weighted by Gasteiger charge is 2.38. The van der Waals surface area contributed by atoms with E-state index in [-0.39, 0.29) is 32.2 Å². The third-order valence-corrected chi connectivity index (χ3v) is 5.54. The summed E-state index contributed by atoms with van der Waals surface area (Å²) in [6.07, 6.45) is -4.60. The Morgan fingerprint density at radius 3 is 2.24 bits per heavy atom. The van der Waals surface area contributed by atoms with E-state index in [4.69, 9.17) is 23.2 Å². The van der Waals surface area contributed by atoms with E-state index >= 15 is 0 Å². The van der Waals surface area contributed by atoms with Gasteiger partial charge in [0.2, 0.25) is 0 Å². The van der Waals surface area contributed by atoms with Crippen molar-refractivity contribution in [3.63, 3.8) is 0 Å². The lowest BCUT2D eigenvalue weighted by Gasteiger charge is -2.20. The van der Waals surface area contributed by atoms with Gasteiger partial charge >= 0.3 is 6.18 Å². The van der Waals surface area contributed by atoms with Crippen molar-refractivity contribution in [2.45, 2.75) is 6.18 Å². The van der Waals surface area contributed by atoms with Crippen molar-refractivity contribution in [1.82, 2.24) is 4.98 Å². The molecule has 0 radical (unpaired) electrons. The van der Waals surface area contributed by atoms with Gasteiger partial charge in [-0.05, 0) is 30.3 Å². The molecule has 0 saturated heterocycles. The Morgan fingerprint density at radius 1 is 0.897 bits per heavy atom. The predicted molar refractivity (Wildman–Crippen MR) is 107 cm³/mol. The number of carbonyl (C=O) groups excluding carboxylic acids is 1. The number of benzene rings is 3. The average molecular weight is 433 g/mol. The van der Waals surface area contributed by atoms with Crippen molar-refractivity contribution in [3.05, 3.63) is 75.8 Å². The van der Waals surface area contributed by atoms with Crippen molar-refractivity contribution in [2.75, 3.05) is 4.90 Å². The molecule has 144 valence electrons. The van der Waals surface area contributed by atoms with Gasteiger partial charge in [0.15, 0.2) is 0 Å². The molecule has 0 spiro atoms. The van der Waals surface area contributed by atoms with Gasteiger partial charge in [0.05, 0.1) is 43.6 Å². The van der Waals surface area contributed by atoms with Crippen LogP contribution in [0.15, 0.2) is 54.6 Å². The predicted octanol–water partition coefficient (Wildman–Crippen LogP) is 7.01. The Labute approximate surface area is 172 Å². The van der Waals surface area contributed by atoms with Crippen LogP contribution in [0, 0.1) is 0 Å². The van der Waals surface area contributed by atoms with E-state index in [0.29, 0.717) is 16.6 Å². The summed E-state index contributed by atoms with van der Waals surface area (Å²) in [6, 6.07) is 13.4. The van der Waals surface area contributed by atoms with Crippen LogP contribution < -0.4 is 4.90 Å². The molecule has 5 rings (SSSR count). The number of anilines is 2. The van der Waals surface area contributed by atoms with Crippen molar-refractivity contribution in [2.24, 2.45) is 0 Å². The molecule has 0 bridgehead atoms. The van der Waals surface area contributed by atoms with E-state index in [9.17, 15) is 18.0 Å². The summed E-state index contributed by atoms with van der Waals surface area (Å²) >= 11 is 12.6. The molecule has 0 saturated carbocycles. The lowest BCUT2D eigenvalue weighted by Crippen LogP contribution is -2.22. The van der Waals surface area contributed by atoms with E-state index in [0.717, 1.165) is 6.07 Å². The van der Waals surface area contributed by atoms with Crippen LogP contribution in [0.3, 0.4) is 0 Å². The number of amides is 1. The SMILES string of the molecule is O=C1c2c3cccc(C(F)(F)F)c3nc3cccc(c23)N1c1c(Cl)cccc1Cl. The molecule has 0 N–H and O–H groups in total. The highest BCUT2D eigenvalue weighted by Crippen LogP contribution is 2.48. The molecule has 29 heavy (non-hydrogen) atoms. The largest absolute Gasteiger partial charge is 0.418 e. The van der Waals surface area contributed by atoms with Gasteiger partial charge in [-0.25, -0.2) is 4.98 Å². The average Bonchev–Trinajstić information content (AvgIpc) is 2.95. The van der Waals surface area contributed by atoms with E-state index in [2.05, 4.69) is 4.98 Å². The first-order valence-electron chi connectivity index (χ1n) is 8.50. The quantitative estimate of drug-likeness (QED) is 0.303. The number of hydrogen-bond acceptors (Lipinski definition) is 2. The third-order valence-electron chi connectivity index (χ3n) is 4.93. The number of rotatable bonds is 1. The van der Waals surface area contributed by atoms with Crippen LogP contribution >= 0.6 is 23.2 Å². The second-order valence-corrected chi connectivity index (χ2v) is 7.38. The lowest BCUT2D eigenvalue weighted by molar-refractivity contribution is -0.136. The smallest absolute Gasteiger partial charge is 0.273 e. The number of halogens is 5. The highest BCUT2D eigenvalue weighted by molar-refractivity contribution is 6.43. The molecule has 8 heteroatoms. The molecule has 1 amide bonds. The third kappa shape index (κ3) is 2.52. The summed E-state index contributed by atoms with van der Waals surface area (Å²) in [5.41, 5.74) is 0.0538. The molecule has 0 atom stereocenters. The fourth-order valence-corrected chi connectivity index (χ4v) is 4.35. The number of fused-ring (bicyclic) bond motifs is 2. The fraction of sp³-hybridized carbons (Fsp3) is 0.0476. The number of hydrogen-bond donors (Lipinski definition) is 0. The van der Waals surface area contributed by atoms with Crippen molar-refractivity contribution in [1.29, 1.82) is 0 Å². The van der Waals surface area contributed by atoms with Gasteiger partial charge in [0, 0.05) is 10.8 Å². The second kappa shape index (κ2) is 6.08. The summed E-state index contributed by atoms with van der Waals surface area (Å²) in [5.74, 6) is -0.502. The Hall–Kier alpha value is -2.83. The van der Waals surface area contributed by atoms with Crippen LogP contribution in [0.1, 0.15) is 15.9 Å². The van der Waals surface area contributed by atoms with Crippen LogP contribution in [0.5, 0.6) is 0 Å². The normalized spacial score (nSPS) is 13.7. The van der Waals surface area contributed by atoms with E-state index in [1.54, 1.807) is 36.4 Å². The second-order valence-electron chi connectivity index (χ2n) is 6.57. The zero-order valence-electron chi connectivity index (χ0n) is 14.4. The molecule has 1 aliphatic rings. The van der Waals surface area contributed by atoms with Gasteiger partial charge in [-0.1, -0.05) is 47.5 Å². The Kier molecular flexibility index (Phi) is 3.82. The first-order valence-corrected chi connectivity index (χ1v) is 9.26. The standard InChI is InChI=1S/C21H9Cl2F3N2O/c22-12-6-2-7-13(23)19(12)28-15-9-3-8-14-17(15)16(20(28)29)10-4-1-5-11(18(10)27-14)21(24,25)26/h1-9H. The minimum Gasteiger partial charge on any atom is -0.273 e. The van der Waals surface area contributed by atoms with Crippen LogP contribution in [0.2, 0.25) is 10.0 Å². The molecule has 2 heterocycles. The molecule has 0 aliphatic carbocycles. The Bertz CT molecular complexity index is 1330. The molecule has 3 nitrogen and oxygen atoms in total. The Morgan fingerprint density at radius 2 is 1.55 bits per heavy atom. The number of carbonyl (C=O) groups is 1. The molecule has 0 fully saturated rings. The van der Waals surface area contributed by atoms with Gasteiger partial charge < -0.3 is 0 Å². The van der Waals surface area contributed by atoms with Gasteiger partial charge in [-0.3, -0.25) is 9.69 Å². The van der Waals surface area contributed by atoms with E-state index < -0.39 is 17.6 Å². The number of pyridine rings is 1. The highest BCUT2D eigenvalue weighted by atomic mass is 35.5. The summed E-state index contributed by atoms with van der Waals surface area (Å²) < 4.78 is 40.6. The summed E-state index contributed by atoms with van der Waals surface area (Å²) in [6.45, 7) is 0. The molecule has 4 aromatic rings. The van der Waals surface area contributed by atoms with Gasteiger partial charge in [-0.15, -0.1) is 0 Å². The van der Waals surface area contributed by atoms with Crippen LogP contribution in [-0.2, 0) is 6.18 Å². The lowest BCUT2D eigenvalue weighted by atomic mass is 10.0. The first kappa shape index (κ1) is 18.2. The Balaban J connectivity index is 1.90. The molecule has 0 unspecified atom stereocenters. The molecular weight excluding hydrogens is 424 g/mol.